The molecule has 0 aromatic carbocycles. The van der Waals surface area contributed by atoms with Gasteiger partial charge in [0.15, 0.2) is 0 Å². The number of nitrogens with two attached hydrogens (primary N) is 1. The zero-order valence-electron chi connectivity index (χ0n) is 7.78. The fraction of sp³-hybridized carbons (Fsp3) is 0.333. The molecule has 74 valence electrons. The van der Waals surface area contributed by atoms with Gasteiger partial charge in [-0.15, -0.1) is 11.3 Å². The minimum absolute atomic E-state index is 0.244. The van der Waals surface area contributed by atoms with Gasteiger partial charge in [-0.05, 0) is 17.9 Å². The Balaban J connectivity index is 2.70. The van der Waals surface area contributed by atoms with Gasteiger partial charge >= 0.3 is 0 Å². The lowest BCUT2D eigenvalue weighted by atomic mass is 10.2. The standard InChI is InChI=1S/C9H11N3OS/c1-2-7(11)8(13)12-9-6(5-10)3-4-14-9/h3-4,7H,2,11H2,1H3,(H,12,13)/t7-/m1/s1. The highest BCUT2D eigenvalue weighted by Crippen LogP contribution is 2.22. The summed E-state index contributed by atoms with van der Waals surface area (Å²) in [5.74, 6) is -0.244. The van der Waals surface area contributed by atoms with E-state index in [-0.39, 0.29) is 5.91 Å². The first-order valence-electron chi connectivity index (χ1n) is 4.23. The van der Waals surface area contributed by atoms with Crippen molar-refractivity contribution in [1.82, 2.24) is 0 Å². The van der Waals surface area contributed by atoms with Crippen molar-refractivity contribution in [3.63, 3.8) is 0 Å². The summed E-state index contributed by atoms with van der Waals surface area (Å²) >= 11 is 1.32. The zero-order valence-corrected chi connectivity index (χ0v) is 8.60. The van der Waals surface area contributed by atoms with Crippen LogP contribution >= 0.6 is 11.3 Å². The molecule has 1 rings (SSSR count). The van der Waals surface area contributed by atoms with E-state index in [1.165, 1.54) is 11.3 Å². The maximum absolute atomic E-state index is 11.4. The first-order chi connectivity index (χ1) is 6.69. The molecule has 14 heavy (non-hydrogen) atoms. The Hall–Kier alpha value is -1.38. The van der Waals surface area contributed by atoms with Crippen molar-refractivity contribution in [1.29, 1.82) is 5.26 Å². The first-order valence-corrected chi connectivity index (χ1v) is 5.11. The second-order valence-corrected chi connectivity index (χ2v) is 3.70. The molecule has 0 bridgehead atoms. The van der Waals surface area contributed by atoms with E-state index in [2.05, 4.69) is 5.32 Å². The third-order valence-electron chi connectivity index (χ3n) is 1.80. The molecule has 1 atom stereocenters. The average molecular weight is 209 g/mol. The first kappa shape index (κ1) is 10.7. The number of nitrogens with zero attached hydrogens (tertiary/aromatic N) is 1. The Morgan fingerprint density at radius 2 is 2.57 bits per heavy atom. The molecule has 0 saturated carbocycles. The highest BCUT2D eigenvalue weighted by molar-refractivity contribution is 7.14. The van der Waals surface area contributed by atoms with E-state index in [4.69, 9.17) is 11.0 Å². The molecule has 1 aromatic rings. The minimum atomic E-state index is -0.511. The van der Waals surface area contributed by atoms with Gasteiger partial charge in [0, 0.05) is 0 Å². The van der Waals surface area contributed by atoms with Crippen molar-refractivity contribution >= 4 is 22.2 Å². The van der Waals surface area contributed by atoms with Crippen LogP contribution in [0.5, 0.6) is 0 Å². The smallest absolute Gasteiger partial charge is 0.241 e. The van der Waals surface area contributed by atoms with Gasteiger partial charge < -0.3 is 11.1 Å². The second-order valence-electron chi connectivity index (χ2n) is 2.78. The summed E-state index contributed by atoms with van der Waals surface area (Å²) < 4.78 is 0. The van der Waals surface area contributed by atoms with Gasteiger partial charge in [-0.3, -0.25) is 4.79 Å². The maximum atomic E-state index is 11.4. The SMILES string of the molecule is CC[C@@H](N)C(=O)Nc1sccc1C#N. The zero-order chi connectivity index (χ0) is 10.6. The van der Waals surface area contributed by atoms with E-state index < -0.39 is 6.04 Å². The normalized spacial score (nSPS) is 11.8. The molecule has 1 aromatic heterocycles. The predicted molar refractivity (Wildman–Crippen MR) is 55.9 cm³/mol. The lowest BCUT2D eigenvalue weighted by Crippen LogP contribution is -2.34. The molecule has 5 heteroatoms. The summed E-state index contributed by atoms with van der Waals surface area (Å²) in [5.41, 5.74) is 6.01. The Bertz CT molecular complexity index is 366. The Morgan fingerprint density at radius 1 is 1.86 bits per heavy atom. The number of anilines is 1. The number of rotatable bonds is 3. The van der Waals surface area contributed by atoms with Crippen LogP contribution in [0.15, 0.2) is 11.4 Å². The number of amides is 1. The van der Waals surface area contributed by atoms with Gasteiger partial charge in [-0.2, -0.15) is 5.26 Å². The van der Waals surface area contributed by atoms with Crippen molar-refractivity contribution in [2.45, 2.75) is 19.4 Å². The van der Waals surface area contributed by atoms with Crippen LogP contribution in [0.4, 0.5) is 5.00 Å². The fourth-order valence-corrected chi connectivity index (χ4v) is 1.62. The maximum Gasteiger partial charge on any atom is 0.241 e. The summed E-state index contributed by atoms with van der Waals surface area (Å²) in [6.07, 6.45) is 0.582. The van der Waals surface area contributed by atoms with E-state index >= 15 is 0 Å². The quantitative estimate of drug-likeness (QED) is 0.787. The molecule has 4 nitrogen and oxygen atoms in total. The molecule has 0 aliphatic carbocycles. The molecule has 0 unspecified atom stereocenters. The van der Waals surface area contributed by atoms with Gasteiger partial charge in [-0.25, -0.2) is 0 Å². The lowest BCUT2D eigenvalue weighted by molar-refractivity contribution is -0.117. The molecule has 0 aliphatic heterocycles. The molecular formula is C9H11N3OS. The highest BCUT2D eigenvalue weighted by atomic mass is 32.1. The summed E-state index contributed by atoms with van der Waals surface area (Å²) in [5, 5.41) is 13.6. The summed E-state index contributed by atoms with van der Waals surface area (Å²) in [4.78, 5) is 11.4. The van der Waals surface area contributed by atoms with Crippen molar-refractivity contribution in [3.05, 3.63) is 17.0 Å². The van der Waals surface area contributed by atoms with Gasteiger partial charge in [0.05, 0.1) is 11.6 Å². The fourth-order valence-electron chi connectivity index (χ4n) is 0.884. The van der Waals surface area contributed by atoms with Crippen molar-refractivity contribution < 1.29 is 4.79 Å². The van der Waals surface area contributed by atoms with E-state index in [1.54, 1.807) is 11.4 Å². The predicted octanol–water partition coefficient (Wildman–Crippen LogP) is 1.30. The molecule has 1 amide bonds. The number of hydrogen-bond acceptors (Lipinski definition) is 4. The average Bonchev–Trinajstić information content (AvgIpc) is 2.63. The van der Waals surface area contributed by atoms with Gasteiger partial charge in [0.25, 0.3) is 0 Å². The monoisotopic (exact) mass is 209 g/mol. The van der Waals surface area contributed by atoms with Crippen LogP contribution in [-0.2, 0) is 4.79 Å². The second kappa shape index (κ2) is 4.74. The van der Waals surface area contributed by atoms with Crippen molar-refractivity contribution in [2.75, 3.05) is 5.32 Å². The molecule has 0 aliphatic rings. The van der Waals surface area contributed by atoms with Crippen LogP contribution in [0, 0.1) is 11.3 Å². The van der Waals surface area contributed by atoms with Gasteiger partial charge in [0.2, 0.25) is 5.91 Å². The molecule has 3 N–H and O–H groups in total. The number of hydrogen-bond donors (Lipinski definition) is 2. The largest absolute Gasteiger partial charge is 0.320 e. The number of carbonyl (C=O) groups is 1. The van der Waals surface area contributed by atoms with Gasteiger partial charge in [-0.1, -0.05) is 6.92 Å². The number of nitrogens with one attached hydrogen (secondary N) is 1. The van der Waals surface area contributed by atoms with Crippen LogP contribution < -0.4 is 11.1 Å². The van der Waals surface area contributed by atoms with Crippen LogP contribution in [0.3, 0.4) is 0 Å². The van der Waals surface area contributed by atoms with Crippen LogP contribution in [-0.4, -0.2) is 11.9 Å². The number of carbonyl (C=O) groups excluding carboxylic acids is 1. The van der Waals surface area contributed by atoms with Gasteiger partial charge in [0.1, 0.15) is 11.1 Å². The summed E-state index contributed by atoms with van der Waals surface area (Å²) in [6.45, 7) is 1.84. The number of nitriles is 1. The van der Waals surface area contributed by atoms with Crippen LogP contribution in [0.1, 0.15) is 18.9 Å². The van der Waals surface area contributed by atoms with E-state index in [1.807, 2.05) is 13.0 Å². The molecule has 0 radical (unpaired) electrons. The number of thiophene rings is 1. The molecule has 0 fully saturated rings. The van der Waals surface area contributed by atoms with Crippen LogP contribution in [0.2, 0.25) is 0 Å². The van der Waals surface area contributed by atoms with Crippen LogP contribution in [0.25, 0.3) is 0 Å². The Kier molecular flexibility index (Phi) is 3.63. The topological polar surface area (TPSA) is 78.9 Å². The highest BCUT2D eigenvalue weighted by Gasteiger charge is 2.13. The van der Waals surface area contributed by atoms with E-state index in [0.29, 0.717) is 17.0 Å². The molecule has 0 saturated heterocycles. The van der Waals surface area contributed by atoms with Crippen molar-refractivity contribution in [2.24, 2.45) is 5.73 Å². The Morgan fingerprint density at radius 3 is 3.14 bits per heavy atom. The Labute approximate surface area is 86.3 Å². The molecule has 0 spiro atoms. The minimum Gasteiger partial charge on any atom is -0.320 e. The van der Waals surface area contributed by atoms with E-state index in [9.17, 15) is 4.79 Å². The summed E-state index contributed by atoms with van der Waals surface area (Å²) in [6, 6.07) is 3.15. The molecular weight excluding hydrogens is 198 g/mol. The van der Waals surface area contributed by atoms with E-state index in [0.717, 1.165) is 0 Å². The van der Waals surface area contributed by atoms with Crippen molar-refractivity contribution in [3.8, 4) is 6.07 Å². The lowest BCUT2D eigenvalue weighted by Gasteiger charge is -2.08. The molecule has 1 heterocycles. The third kappa shape index (κ3) is 2.31. The summed E-state index contributed by atoms with van der Waals surface area (Å²) in [7, 11) is 0. The third-order valence-corrected chi connectivity index (χ3v) is 2.63.